The number of carbonyl (C=O) groups is 3. The number of likely N-dealkylation sites (tertiary alicyclic amines) is 2. The van der Waals surface area contributed by atoms with Crippen LogP contribution in [0.2, 0.25) is 0 Å². The SMILES string of the molecule is Cc1ccc(C)c(C(=O)N2CCC(CN3CCC(n4c(C)cc5c(N6CCC(=O)NC6=O)cccc54)CC3)CC2)c1.NC(N)=C(/C=C(\N)c1ccccc1O)N1CCOCC1. The molecule has 61 heavy (non-hydrogen) atoms. The second kappa shape index (κ2) is 19.2. The van der Waals surface area contributed by atoms with Gasteiger partial charge in [0.2, 0.25) is 5.91 Å². The Bertz CT molecular complexity index is 2290. The first-order valence-corrected chi connectivity index (χ1v) is 21.5. The van der Waals surface area contributed by atoms with Gasteiger partial charge in [-0.1, -0.05) is 35.9 Å². The molecule has 14 heteroatoms. The van der Waals surface area contributed by atoms with E-state index in [-0.39, 0.29) is 29.4 Å². The zero-order valence-electron chi connectivity index (χ0n) is 35.7. The predicted octanol–water partition coefficient (Wildman–Crippen LogP) is 5.31. The first kappa shape index (κ1) is 43.1. The average Bonchev–Trinajstić information content (AvgIpc) is 3.60. The van der Waals surface area contributed by atoms with E-state index in [0.29, 0.717) is 68.2 Å². The number of allylic oxidation sites excluding steroid dienone is 1. The summed E-state index contributed by atoms with van der Waals surface area (Å²) in [6.07, 6.45) is 6.33. The largest absolute Gasteiger partial charge is 0.507 e. The summed E-state index contributed by atoms with van der Waals surface area (Å²) >= 11 is 0. The lowest BCUT2D eigenvalue weighted by molar-refractivity contribution is -0.120. The van der Waals surface area contributed by atoms with E-state index in [0.717, 1.165) is 91.7 Å². The lowest BCUT2D eigenvalue weighted by Gasteiger charge is -2.38. The molecule has 8 rings (SSSR count). The van der Waals surface area contributed by atoms with Gasteiger partial charge in [0, 0.05) is 92.7 Å². The van der Waals surface area contributed by atoms with Crippen molar-refractivity contribution in [1.29, 1.82) is 0 Å². The van der Waals surface area contributed by atoms with Crippen molar-refractivity contribution in [2.45, 2.75) is 58.9 Å². The number of hydrogen-bond acceptors (Lipinski definition) is 10. The predicted molar refractivity (Wildman–Crippen MR) is 239 cm³/mol. The summed E-state index contributed by atoms with van der Waals surface area (Å²) in [5.41, 5.74) is 25.4. The third-order valence-corrected chi connectivity index (χ3v) is 12.5. The van der Waals surface area contributed by atoms with Crippen molar-refractivity contribution in [3.8, 4) is 5.75 Å². The molecule has 0 radical (unpaired) electrons. The molecule has 0 atom stereocenters. The van der Waals surface area contributed by atoms with E-state index in [1.54, 1.807) is 35.2 Å². The Morgan fingerprint density at radius 2 is 1.54 bits per heavy atom. The molecule has 3 aromatic carbocycles. The Labute approximate surface area is 358 Å². The Kier molecular flexibility index (Phi) is 13.5. The zero-order valence-corrected chi connectivity index (χ0v) is 35.7. The number of morpholine rings is 1. The number of carbonyl (C=O) groups excluding carboxylic acids is 3. The molecule has 4 aromatic rings. The molecule has 0 aliphatic carbocycles. The molecule has 0 saturated carbocycles. The van der Waals surface area contributed by atoms with Gasteiger partial charge in [0.15, 0.2) is 0 Å². The number of aromatic hydroxyl groups is 1. The van der Waals surface area contributed by atoms with E-state index in [9.17, 15) is 19.5 Å². The summed E-state index contributed by atoms with van der Waals surface area (Å²) < 4.78 is 7.76. The smallest absolute Gasteiger partial charge is 0.328 e. The molecular weight excluding hydrogens is 771 g/mol. The van der Waals surface area contributed by atoms with Gasteiger partial charge in [0.05, 0.1) is 30.1 Å². The lowest BCUT2D eigenvalue weighted by Crippen LogP contribution is -2.49. The number of phenols is 1. The average molecular weight is 832 g/mol. The molecule has 0 spiro atoms. The van der Waals surface area contributed by atoms with Gasteiger partial charge < -0.3 is 46.3 Å². The highest BCUT2D eigenvalue weighted by molar-refractivity contribution is 6.09. The topological polar surface area (TPSA) is 189 Å². The van der Waals surface area contributed by atoms with Crippen LogP contribution in [-0.4, -0.2) is 108 Å². The molecule has 4 aliphatic heterocycles. The number of amides is 4. The highest BCUT2D eigenvalue weighted by atomic mass is 16.5. The molecule has 1 aromatic heterocycles. The van der Waals surface area contributed by atoms with E-state index in [2.05, 4.69) is 39.9 Å². The van der Waals surface area contributed by atoms with Gasteiger partial charge in [0.1, 0.15) is 11.6 Å². The van der Waals surface area contributed by atoms with Crippen molar-refractivity contribution in [3.63, 3.8) is 0 Å². The van der Waals surface area contributed by atoms with Crippen LogP contribution in [0.1, 0.15) is 70.9 Å². The molecule has 0 unspecified atom stereocenters. The first-order chi connectivity index (χ1) is 29.4. The maximum absolute atomic E-state index is 13.2. The number of imide groups is 1. The van der Waals surface area contributed by atoms with Crippen molar-refractivity contribution in [2.75, 3.05) is 70.5 Å². The minimum absolute atomic E-state index is 0.123. The van der Waals surface area contributed by atoms with Gasteiger partial charge in [-0.2, -0.15) is 0 Å². The summed E-state index contributed by atoms with van der Waals surface area (Å²) in [5.74, 6) is 0.921. The number of nitrogens with two attached hydrogens (primary N) is 3. The number of piperidine rings is 2. The Hall–Kier alpha value is -5.99. The van der Waals surface area contributed by atoms with E-state index in [4.69, 9.17) is 21.9 Å². The van der Waals surface area contributed by atoms with E-state index < -0.39 is 0 Å². The summed E-state index contributed by atoms with van der Waals surface area (Å²) in [7, 11) is 0. The van der Waals surface area contributed by atoms with Crippen LogP contribution >= 0.6 is 0 Å². The number of para-hydroxylation sites is 1. The Morgan fingerprint density at radius 1 is 0.820 bits per heavy atom. The number of fused-ring (bicyclic) bond motifs is 1. The zero-order chi connectivity index (χ0) is 43.2. The number of rotatable bonds is 8. The van der Waals surface area contributed by atoms with Crippen LogP contribution in [0.3, 0.4) is 0 Å². The third-order valence-electron chi connectivity index (χ3n) is 12.5. The number of ether oxygens (including phenoxy) is 1. The minimum Gasteiger partial charge on any atom is -0.507 e. The van der Waals surface area contributed by atoms with Gasteiger partial charge in [-0.05, 0) is 100 Å². The van der Waals surface area contributed by atoms with Crippen molar-refractivity contribution in [1.82, 2.24) is 24.6 Å². The number of nitrogens with zero attached hydrogens (tertiary/aromatic N) is 5. The fourth-order valence-corrected chi connectivity index (χ4v) is 9.17. The van der Waals surface area contributed by atoms with E-state index in [1.807, 2.05) is 47.9 Å². The summed E-state index contributed by atoms with van der Waals surface area (Å²) in [6, 6.07) is 21.4. The second-order valence-electron chi connectivity index (χ2n) is 16.8. The molecule has 324 valence electrons. The van der Waals surface area contributed by atoms with E-state index in [1.165, 1.54) is 5.69 Å². The lowest BCUT2D eigenvalue weighted by atomic mass is 9.93. The molecule has 4 aliphatic rings. The van der Waals surface area contributed by atoms with Gasteiger partial charge in [-0.3, -0.25) is 19.8 Å². The number of aromatic nitrogens is 1. The molecule has 4 fully saturated rings. The summed E-state index contributed by atoms with van der Waals surface area (Å²) in [6.45, 7) is 14.2. The summed E-state index contributed by atoms with van der Waals surface area (Å²) in [4.78, 5) is 45.7. The number of phenolic OH excluding ortho intramolecular Hbond substituents is 1. The van der Waals surface area contributed by atoms with Crippen molar-refractivity contribution in [2.24, 2.45) is 23.1 Å². The normalized spacial score (nSPS) is 18.5. The number of anilines is 1. The summed E-state index contributed by atoms with van der Waals surface area (Å²) in [5, 5.41) is 13.3. The maximum atomic E-state index is 13.2. The fraction of sp³-hybridized carbons (Fsp3) is 0.426. The highest BCUT2D eigenvalue weighted by Crippen LogP contribution is 2.36. The van der Waals surface area contributed by atoms with Crippen LogP contribution in [0.5, 0.6) is 5.75 Å². The van der Waals surface area contributed by atoms with Crippen LogP contribution in [-0.2, 0) is 9.53 Å². The number of aryl methyl sites for hydroxylation is 3. The highest BCUT2D eigenvalue weighted by Gasteiger charge is 2.30. The number of hydrogen-bond donors (Lipinski definition) is 5. The van der Waals surface area contributed by atoms with Crippen molar-refractivity contribution < 1.29 is 24.2 Å². The molecule has 8 N–H and O–H groups in total. The van der Waals surface area contributed by atoms with Crippen LogP contribution in [0.25, 0.3) is 16.6 Å². The van der Waals surface area contributed by atoms with Gasteiger partial charge in [0.25, 0.3) is 5.91 Å². The van der Waals surface area contributed by atoms with Crippen LogP contribution < -0.4 is 27.4 Å². The van der Waals surface area contributed by atoms with E-state index >= 15 is 0 Å². The number of benzene rings is 3. The van der Waals surface area contributed by atoms with Crippen molar-refractivity contribution >= 4 is 40.1 Å². The number of nitrogens with one attached hydrogen (secondary N) is 1. The number of urea groups is 1. The Balaban J connectivity index is 0.000000236. The quantitative estimate of drug-likeness (QED) is 0.146. The Morgan fingerprint density at radius 3 is 2.23 bits per heavy atom. The third kappa shape index (κ3) is 9.98. The second-order valence-corrected chi connectivity index (χ2v) is 16.8. The molecule has 0 bridgehead atoms. The van der Waals surface area contributed by atoms with Gasteiger partial charge in [-0.15, -0.1) is 0 Å². The fourth-order valence-electron chi connectivity index (χ4n) is 9.17. The first-order valence-electron chi connectivity index (χ1n) is 21.5. The standard InChI is InChI=1S/C33H41N5O3.C14H20N4O2/c1-22-7-8-23(2)27(19-22)32(40)36-16-9-25(10-17-36)21-35-14-11-26(12-15-35)38-24(3)20-28-29(5-4-6-30(28)38)37-18-13-31(39)34-33(37)41;15-11(10-3-1-2-4-13(10)19)9-12(14(16)17)18-5-7-20-8-6-18/h4-8,19-20,25-26H,9-18,21H2,1-3H3,(H,34,39,41);1-4,9,19H,5-8,15-17H2/b;11-9-. The minimum atomic E-state index is -0.340. The monoisotopic (exact) mass is 831 g/mol. The van der Waals surface area contributed by atoms with Crippen LogP contribution in [0, 0.1) is 26.7 Å². The molecule has 4 saturated heterocycles. The molecule has 14 nitrogen and oxygen atoms in total. The van der Waals surface area contributed by atoms with Crippen LogP contribution in [0.4, 0.5) is 10.5 Å². The maximum Gasteiger partial charge on any atom is 0.328 e. The van der Waals surface area contributed by atoms with Gasteiger partial charge >= 0.3 is 6.03 Å². The van der Waals surface area contributed by atoms with Crippen molar-refractivity contribution in [3.05, 3.63) is 112 Å². The molecule has 4 amide bonds. The van der Waals surface area contributed by atoms with Gasteiger partial charge in [-0.25, -0.2) is 4.79 Å². The molecule has 5 heterocycles. The molecular formula is C47H61N9O5. The van der Waals surface area contributed by atoms with Crippen LogP contribution in [0.15, 0.2) is 84.3 Å².